The summed E-state index contributed by atoms with van der Waals surface area (Å²) in [5.74, 6) is -1.74. The van der Waals surface area contributed by atoms with Gasteiger partial charge in [0.25, 0.3) is 5.91 Å². The summed E-state index contributed by atoms with van der Waals surface area (Å²) in [7, 11) is 0. The molecule has 6 atom stereocenters. The van der Waals surface area contributed by atoms with Crippen LogP contribution >= 0.6 is 11.8 Å². The van der Waals surface area contributed by atoms with Gasteiger partial charge in [-0.25, -0.2) is 0 Å². The van der Waals surface area contributed by atoms with Crippen LogP contribution in [0.2, 0.25) is 0 Å². The van der Waals surface area contributed by atoms with E-state index in [-0.39, 0.29) is 36.1 Å². The number of aliphatic hydroxyl groups excluding tert-OH is 1. The Morgan fingerprint density at radius 3 is 2.09 bits per heavy atom. The van der Waals surface area contributed by atoms with Gasteiger partial charge in [0.15, 0.2) is 0 Å². The molecule has 0 aromatic heterocycles. The Hall–Kier alpha value is -3.56. The van der Waals surface area contributed by atoms with Gasteiger partial charge in [-0.15, -0.1) is 24.9 Å². The van der Waals surface area contributed by atoms with Crippen molar-refractivity contribution in [1.82, 2.24) is 4.90 Å². The average Bonchev–Trinajstić information content (AvgIpc) is 3.71. The Labute approximate surface area is 271 Å². The van der Waals surface area contributed by atoms with Crippen molar-refractivity contribution in [3.05, 3.63) is 79.9 Å². The maximum Gasteiger partial charge on any atom is 0.251 e. The van der Waals surface area contributed by atoms with Crippen LogP contribution in [0.25, 0.3) is 0 Å². The number of para-hydroxylation sites is 1. The Bertz CT molecular complexity index is 1390. The largest absolute Gasteiger partial charge is 0.394 e. The Morgan fingerprint density at radius 1 is 0.956 bits per heavy atom. The SMILES string of the molecule is C=CCN(C(=O)C1N([C@@H](CC)CO)C(=O)[C@@H]2[C@@H](C(=O)N(CC=C)c3ccccc3)[C@H]3CCC12S3)c1ccc(N(CC)CC)cc1. The van der Waals surface area contributed by atoms with E-state index in [2.05, 4.69) is 31.9 Å². The number of aliphatic hydroxyl groups is 1. The molecule has 1 N–H and O–H groups in total. The molecule has 8 nitrogen and oxygen atoms in total. The number of benzene rings is 2. The molecule has 0 aliphatic carbocycles. The fraction of sp³-hybridized carbons (Fsp3) is 0.472. The number of fused-ring (bicyclic) bond motifs is 1. The number of thioether (sulfide) groups is 1. The first-order chi connectivity index (χ1) is 21.8. The van der Waals surface area contributed by atoms with Gasteiger partial charge in [-0.3, -0.25) is 14.4 Å². The van der Waals surface area contributed by atoms with E-state index in [1.165, 1.54) is 0 Å². The highest BCUT2D eigenvalue weighted by atomic mass is 32.2. The Morgan fingerprint density at radius 2 is 1.53 bits per heavy atom. The lowest BCUT2D eigenvalue weighted by molar-refractivity contribution is -0.141. The topological polar surface area (TPSA) is 84.4 Å². The summed E-state index contributed by atoms with van der Waals surface area (Å²) in [5, 5.41) is 10.4. The molecule has 5 rings (SSSR count). The highest BCUT2D eigenvalue weighted by Crippen LogP contribution is 2.67. The molecule has 3 saturated heterocycles. The number of rotatable bonds is 14. The van der Waals surface area contributed by atoms with E-state index >= 15 is 0 Å². The monoisotopic (exact) mass is 630 g/mol. The van der Waals surface area contributed by atoms with Gasteiger partial charge < -0.3 is 24.7 Å². The van der Waals surface area contributed by atoms with Crippen LogP contribution in [0, 0.1) is 11.8 Å². The second-order valence-electron chi connectivity index (χ2n) is 12.0. The highest BCUT2D eigenvalue weighted by Gasteiger charge is 2.74. The van der Waals surface area contributed by atoms with Crippen molar-refractivity contribution >= 4 is 46.5 Å². The second kappa shape index (κ2) is 13.8. The molecule has 2 aromatic rings. The molecule has 2 aromatic carbocycles. The number of anilines is 3. The number of carbonyl (C=O) groups excluding carboxylic acids is 3. The smallest absolute Gasteiger partial charge is 0.251 e. The average molecular weight is 631 g/mol. The van der Waals surface area contributed by atoms with Gasteiger partial charge in [0, 0.05) is 48.5 Å². The summed E-state index contributed by atoms with van der Waals surface area (Å²) in [6.07, 6.45) is 5.30. The quantitative estimate of drug-likeness (QED) is 0.292. The zero-order valence-corrected chi connectivity index (χ0v) is 27.5. The van der Waals surface area contributed by atoms with Gasteiger partial charge in [0.1, 0.15) is 6.04 Å². The fourth-order valence-electron chi connectivity index (χ4n) is 7.73. The van der Waals surface area contributed by atoms with E-state index in [4.69, 9.17) is 0 Å². The minimum atomic E-state index is -0.813. The lowest BCUT2D eigenvalue weighted by Gasteiger charge is -2.39. The Balaban J connectivity index is 1.56. The van der Waals surface area contributed by atoms with Crippen molar-refractivity contribution in [1.29, 1.82) is 0 Å². The normalized spacial score (nSPS) is 25.5. The van der Waals surface area contributed by atoms with Crippen LogP contribution < -0.4 is 14.7 Å². The summed E-state index contributed by atoms with van der Waals surface area (Å²) in [6.45, 7) is 16.1. The molecule has 2 bridgehead atoms. The summed E-state index contributed by atoms with van der Waals surface area (Å²) in [5.41, 5.74) is 2.56. The fourth-order valence-corrected chi connectivity index (χ4v) is 9.92. The maximum absolute atomic E-state index is 14.9. The van der Waals surface area contributed by atoms with Crippen LogP contribution in [-0.2, 0) is 14.4 Å². The molecule has 3 amide bonds. The van der Waals surface area contributed by atoms with Crippen LogP contribution in [0.1, 0.15) is 40.0 Å². The van der Waals surface area contributed by atoms with Gasteiger partial charge in [0.2, 0.25) is 11.8 Å². The molecular weight excluding hydrogens is 584 g/mol. The number of likely N-dealkylation sites (tertiary alicyclic amines) is 1. The predicted octanol–water partition coefficient (Wildman–Crippen LogP) is 5.13. The minimum Gasteiger partial charge on any atom is -0.394 e. The first-order valence-electron chi connectivity index (χ1n) is 16.2. The van der Waals surface area contributed by atoms with Crippen molar-refractivity contribution in [2.24, 2.45) is 11.8 Å². The van der Waals surface area contributed by atoms with Gasteiger partial charge in [-0.1, -0.05) is 37.3 Å². The van der Waals surface area contributed by atoms with Crippen molar-refractivity contribution in [2.45, 2.75) is 62.1 Å². The molecule has 3 aliphatic rings. The van der Waals surface area contributed by atoms with Crippen LogP contribution in [0.5, 0.6) is 0 Å². The van der Waals surface area contributed by atoms with E-state index in [1.54, 1.807) is 38.6 Å². The molecule has 3 fully saturated rings. The van der Waals surface area contributed by atoms with Crippen LogP contribution in [-0.4, -0.2) is 82.6 Å². The zero-order chi connectivity index (χ0) is 32.3. The lowest BCUT2D eigenvalue weighted by Crippen LogP contribution is -2.57. The molecular formula is C36H46N4O4S. The summed E-state index contributed by atoms with van der Waals surface area (Å²) >= 11 is 1.64. The van der Waals surface area contributed by atoms with E-state index in [9.17, 15) is 19.5 Å². The standard InChI is InChI=1S/C36H46N4O4S/c1-6-22-38(27-14-12-11-13-15-27)33(42)30-29-20-21-36(45-29)31(30)34(43)40(25(8-3)24-41)32(36)35(44)39(23-7-2)28-18-16-26(17-19-28)37(9-4)10-5/h6-7,11-19,25,29-32,41H,1-2,8-10,20-24H2,3-5H3/t25-,29+,30-,31-,32?,36?/m0/s1. The van der Waals surface area contributed by atoms with Crippen LogP contribution in [0.4, 0.5) is 17.1 Å². The van der Waals surface area contributed by atoms with Crippen molar-refractivity contribution < 1.29 is 19.5 Å². The molecule has 1 spiro atoms. The van der Waals surface area contributed by atoms with Crippen molar-refractivity contribution in [3.8, 4) is 0 Å². The Kier molecular flexibility index (Phi) is 10.1. The molecule has 0 saturated carbocycles. The van der Waals surface area contributed by atoms with Crippen molar-refractivity contribution in [3.63, 3.8) is 0 Å². The molecule has 0 radical (unpaired) electrons. The van der Waals surface area contributed by atoms with E-state index in [0.29, 0.717) is 19.4 Å². The summed E-state index contributed by atoms with van der Waals surface area (Å²) < 4.78 is -0.765. The first-order valence-corrected chi connectivity index (χ1v) is 17.0. The summed E-state index contributed by atoms with van der Waals surface area (Å²) in [4.78, 5) is 51.2. The molecule has 240 valence electrons. The highest BCUT2D eigenvalue weighted by molar-refractivity contribution is 8.02. The van der Waals surface area contributed by atoms with Gasteiger partial charge in [0.05, 0.1) is 29.2 Å². The van der Waals surface area contributed by atoms with Gasteiger partial charge in [-0.05, 0) is 69.5 Å². The number of amides is 3. The molecule has 45 heavy (non-hydrogen) atoms. The number of hydrogen-bond donors (Lipinski definition) is 1. The third-order valence-electron chi connectivity index (χ3n) is 9.85. The van der Waals surface area contributed by atoms with Crippen LogP contribution in [0.15, 0.2) is 79.9 Å². The molecule has 2 unspecified atom stereocenters. The summed E-state index contributed by atoms with van der Waals surface area (Å²) in [6, 6.07) is 16.1. The molecule has 9 heteroatoms. The van der Waals surface area contributed by atoms with Crippen LogP contribution in [0.3, 0.4) is 0 Å². The number of hydrogen-bond acceptors (Lipinski definition) is 6. The van der Waals surface area contributed by atoms with E-state index in [0.717, 1.165) is 36.6 Å². The minimum absolute atomic E-state index is 0.0738. The van der Waals surface area contributed by atoms with Gasteiger partial charge in [-0.2, -0.15) is 0 Å². The zero-order valence-electron chi connectivity index (χ0n) is 26.7. The third kappa shape index (κ3) is 5.58. The van der Waals surface area contributed by atoms with E-state index in [1.807, 2.05) is 61.5 Å². The molecule has 3 aliphatic heterocycles. The number of nitrogens with zero attached hydrogens (tertiary/aromatic N) is 4. The number of carbonyl (C=O) groups is 3. The predicted molar refractivity (Wildman–Crippen MR) is 184 cm³/mol. The molecule has 3 heterocycles. The van der Waals surface area contributed by atoms with Crippen molar-refractivity contribution in [2.75, 3.05) is 47.5 Å². The first kappa shape index (κ1) is 32.8. The maximum atomic E-state index is 14.9. The second-order valence-corrected chi connectivity index (χ2v) is 13.6. The lowest BCUT2D eigenvalue weighted by atomic mass is 9.70. The van der Waals surface area contributed by atoms with Gasteiger partial charge >= 0.3 is 0 Å². The third-order valence-corrected chi connectivity index (χ3v) is 11.8. The van der Waals surface area contributed by atoms with E-state index < -0.39 is 28.7 Å².